The Kier molecular flexibility index (Phi) is 6.40. The second-order valence-electron chi connectivity index (χ2n) is 11.5. The first-order chi connectivity index (χ1) is 22.7. The lowest BCUT2D eigenvalue weighted by Crippen LogP contribution is -1.94. The zero-order valence-corrected chi connectivity index (χ0v) is 26.6. The van der Waals surface area contributed by atoms with E-state index in [9.17, 15) is 0 Å². The lowest BCUT2D eigenvalue weighted by molar-refractivity contribution is 0.979. The molecule has 0 radical (unpaired) electrons. The largest absolute Gasteiger partial charge is 0.343 e. The number of benzene rings is 6. The van der Waals surface area contributed by atoms with Crippen LogP contribution in [-0.4, -0.2) is 14.5 Å². The van der Waals surface area contributed by atoms with Crippen LogP contribution in [-0.2, 0) is 7.05 Å². The van der Waals surface area contributed by atoms with E-state index in [0.717, 1.165) is 32.2 Å². The number of para-hydroxylation sites is 2. The van der Waals surface area contributed by atoms with Crippen molar-refractivity contribution < 1.29 is 0 Å². The molecule has 0 amide bonds. The molecule has 3 aromatic heterocycles. The highest BCUT2D eigenvalue weighted by atomic mass is 32.1. The Bertz CT molecular complexity index is 2490. The molecule has 0 aliphatic carbocycles. The maximum Gasteiger partial charge on any atom is 0.124 e. The Morgan fingerprint density at radius 3 is 1.57 bits per heavy atom. The van der Waals surface area contributed by atoms with Gasteiger partial charge in [-0.2, -0.15) is 0 Å². The van der Waals surface area contributed by atoms with Crippen LogP contribution in [0.15, 0.2) is 146 Å². The van der Waals surface area contributed by atoms with Crippen LogP contribution in [0.3, 0.4) is 0 Å². The molecule has 6 aromatic carbocycles. The molecule has 0 spiro atoms. The fourth-order valence-electron chi connectivity index (χ4n) is 6.47. The summed E-state index contributed by atoms with van der Waals surface area (Å²) in [5.74, 6) is 0. The molecule has 46 heavy (non-hydrogen) atoms. The van der Waals surface area contributed by atoms with E-state index in [1.807, 2.05) is 0 Å². The topological polar surface area (TPSA) is 30.7 Å². The van der Waals surface area contributed by atoms with Gasteiger partial charge in [-0.25, -0.2) is 9.97 Å². The summed E-state index contributed by atoms with van der Waals surface area (Å²) in [4.78, 5) is 9.90. The summed E-state index contributed by atoms with van der Waals surface area (Å²) >= 11 is 3.48. The molecule has 0 N–H and O–H groups in total. The molecule has 0 bridgehead atoms. The van der Waals surface area contributed by atoms with E-state index in [2.05, 4.69) is 157 Å². The number of fused-ring (bicyclic) bond motifs is 3. The molecule has 3 nitrogen and oxygen atoms in total. The molecular weight excluding hydrogens is 599 g/mol. The minimum atomic E-state index is 1.04. The van der Waals surface area contributed by atoms with Gasteiger partial charge in [-0.15, -0.1) is 22.7 Å². The summed E-state index contributed by atoms with van der Waals surface area (Å²) in [6, 6.07) is 52.0. The average molecular weight is 626 g/mol. The minimum absolute atomic E-state index is 1.04. The van der Waals surface area contributed by atoms with Crippen LogP contribution in [0.1, 0.15) is 0 Å². The van der Waals surface area contributed by atoms with Crippen molar-refractivity contribution >= 4 is 54.0 Å². The molecule has 0 atom stereocenters. The molecule has 218 valence electrons. The molecule has 3 heterocycles. The fraction of sp³-hybridized carbons (Fsp3) is 0.0244. The van der Waals surface area contributed by atoms with Gasteiger partial charge in [0.2, 0.25) is 0 Å². The van der Waals surface area contributed by atoms with Crippen molar-refractivity contribution in [1.29, 1.82) is 0 Å². The average Bonchev–Trinajstić information content (AvgIpc) is 3.84. The van der Waals surface area contributed by atoms with Crippen LogP contribution >= 0.6 is 22.7 Å². The molecule has 0 aliphatic heterocycles. The molecule has 0 unspecified atom stereocenters. The summed E-state index contributed by atoms with van der Waals surface area (Å²) in [6.45, 7) is 0. The van der Waals surface area contributed by atoms with E-state index in [1.165, 1.54) is 53.8 Å². The van der Waals surface area contributed by atoms with Gasteiger partial charge in [-0.3, -0.25) is 0 Å². The van der Waals surface area contributed by atoms with Gasteiger partial charge in [0.1, 0.15) is 10.0 Å². The van der Waals surface area contributed by atoms with E-state index in [4.69, 9.17) is 9.97 Å². The standard InChI is InChI=1S/C41H27N3S2/c1-44-36(26-11-3-2-4-12-26)25-33-31(27-13-9-15-29(23-27)40-42-34-17-5-7-19-37(34)45-40)21-22-32(39(33)44)28-14-10-16-30(24-28)41-43-35-18-6-8-20-38(35)46-41/h2-25H,1H3. The third-order valence-corrected chi connectivity index (χ3v) is 10.9. The lowest BCUT2D eigenvalue weighted by Gasteiger charge is -2.13. The fourth-order valence-corrected chi connectivity index (χ4v) is 8.39. The zero-order chi connectivity index (χ0) is 30.6. The van der Waals surface area contributed by atoms with Crippen LogP contribution in [0.2, 0.25) is 0 Å². The Balaban J connectivity index is 1.22. The van der Waals surface area contributed by atoms with E-state index >= 15 is 0 Å². The van der Waals surface area contributed by atoms with Gasteiger partial charge in [-0.05, 0) is 64.7 Å². The number of nitrogens with zero attached hydrogens (tertiary/aromatic N) is 3. The molecule has 0 aliphatic rings. The molecule has 0 saturated carbocycles. The molecule has 5 heteroatoms. The molecule has 0 saturated heterocycles. The second-order valence-corrected chi connectivity index (χ2v) is 13.6. The van der Waals surface area contributed by atoms with Gasteiger partial charge in [0, 0.05) is 34.8 Å². The van der Waals surface area contributed by atoms with Gasteiger partial charge in [0.25, 0.3) is 0 Å². The minimum Gasteiger partial charge on any atom is -0.343 e. The van der Waals surface area contributed by atoms with E-state index in [-0.39, 0.29) is 0 Å². The van der Waals surface area contributed by atoms with Crippen molar-refractivity contribution in [2.24, 2.45) is 7.05 Å². The van der Waals surface area contributed by atoms with E-state index < -0.39 is 0 Å². The monoisotopic (exact) mass is 625 g/mol. The molecule has 0 fully saturated rings. The first-order valence-electron chi connectivity index (χ1n) is 15.3. The van der Waals surface area contributed by atoms with E-state index in [0.29, 0.717) is 0 Å². The second kappa shape index (κ2) is 10.9. The predicted octanol–water partition coefficient (Wildman–Crippen LogP) is 11.7. The van der Waals surface area contributed by atoms with Crippen molar-refractivity contribution in [2.75, 3.05) is 0 Å². The summed E-state index contributed by atoms with van der Waals surface area (Å²) in [5, 5.41) is 3.31. The van der Waals surface area contributed by atoms with Gasteiger partial charge in [0.15, 0.2) is 0 Å². The summed E-state index contributed by atoms with van der Waals surface area (Å²) < 4.78 is 4.77. The predicted molar refractivity (Wildman–Crippen MR) is 196 cm³/mol. The third kappa shape index (κ3) is 4.55. The summed E-state index contributed by atoms with van der Waals surface area (Å²) in [6.07, 6.45) is 0. The smallest absolute Gasteiger partial charge is 0.124 e. The van der Waals surface area contributed by atoms with Crippen molar-refractivity contribution in [2.45, 2.75) is 0 Å². The number of aromatic nitrogens is 3. The first kappa shape index (κ1) is 27.0. The molecular formula is C41H27N3S2. The van der Waals surface area contributed by atoms with Crippen molar-refractivity contribution in [3.8, 4) is 54.7 Å². The number of thiazole rings is 2. The van der Waals surface area contributed by atoms with Gasteiger partial charge in [-0.1, -0.05) is 103 Å². The highest BCUT2D eigenvalue weighted by Gasteiger charge is 2.18. The number of aryl methyl sites for hydroxylation is 1. The summed E-state index contributed by atoms with van der Waals surface area (Å²) in [5.41, 5.74) is 12.7. The Hall–Kier alpha value is -5.36. The van der Waals surface area contributed by atoms with Crippen LogP contribution < -0.4 is 0 Å². The van der Waals surface area contributed by atoms with Crippen LogP contribution in [0.5, 0.6) is 0 Å². The molecule has 9 rings (SSSR count). The van der Waals surface area contributed by atoms with Gasteiger partial charge < -0.3 is 4.57 Å². The van der Waals surface area contributed by atoms with Crippen molar-refractivity contribution in [3.05, 3.63) is 146 Å². The number of rotatable bonds is 5. The highest BCUT2D eigenvalue weighted by Crippen LogP contribution is 2.42. The maximum atomic E-state index is 4.95. The third-order valence-electron chi connectivity index (χ3n) is 8.69. The SMILES string of the molecule is Cn1c(-c2ccccc2)cc2c(-c3cccc(-c4nc5ccccc5s4)c3)ccc(-c3cccc(-c4nc5ccccc5s4)c3)c21. The quantitative estimate of drug-likeness (QED) is 0.190. The highest BCUT2D eigenvalue weighted by molar-refractivity contribution is 7.22. The van der Waals surface area contributed by atoms with Crippen LogP contribution in [0, 0.1) is 0 Å². The van der Waals surface area contributed by atoms with Crippen molar-refractivity contribution in [3.63, 3.8) is 0 Å². The number of hydrogen-bond donors (Lipinski definition) is 0. The maximum absolute atomic E-state index is 4.95. The Morgan fingerprint density at radius 1 is 0.457 bits per heavy atom. The molecule has 9 aromatic rings. The van der Waals surface area contributed by atoms with Gasteiger partial charge >= 0.3 is 0 Å². The Morgan fingerprint density at radius 2 is 0.957 bits per heavy atom. The van der Waals surface area contributed by atoms with Crippen molar-refractivity contribution in [1.82, 2.24) is 14.5 Å². The number of hydrogen-bond acceptors (Lipinski definition) is 4. The van der Waals surface area contributed by atoms with Crippen LogP contribution in [0.25, 0.3) is 86.0 Å². The Labute approximate surface area is 274 Å². The lowest BCUT2D eigenvalue weighted by atomic mass is 9.94. The van der Waals surface area contributed by atoms with Crippen LogP contribution in [0.4, 0.5) is 0 Å². The normalized spacial score (nSPS) is 11.6. The first-order valence-corrected chi connectivity index (χ1v) is 16.9. The van der Waals surface area contributed by atoms with E-state index in [1.54, 1.807) is 22.7 Å². The van der Waals surface area contributed by atoms with Gasteiger partial charge in [0.05, 0.1) is 25.9 Å². The summed E-state index contributed by atoms with van der Waals surface area (Å²) in [7, 11) is 2.19. The zero-order valence-electron chi connectivity index (χ0n) is 25.0.